The van der Waals surface area contributed by atoms with Gasteiger partial charge >= 0.3 is 5.97 Å². The summed E-state index contributed by atoms with van der Waals surface area (Å²) in [6.07, 6.45) is 6.27. The zero-order valence-corrected chi connectivity index (χ0v) is 11.4. The molecule has 1 heterocycles. The Bertz CT molecular complexity index is 404. The van der Waals surface area contributed by atoms with Crippen molar-refractivity contribution in [2.24, 2.45) is 5.73 Å². The highest BCUT2D eigenvalue weighted by atomic mass is 32.2. The van der Waals surface area contributed by atoms with Gasteiger partial charge in [0.25, 0.3) is 0 Å². The maximum absolute atomic E-state index is 11.3. The van der Waals surface area contributed by atoms with E-state index >= 15 is 0 Å². The second-order valence-electron chi connectivity index (χ2n) is 4.40. The van der Waals surface area contributed by atoms with Crippen LogP contribution in [0.2, 0.25) is 0 Å². The summed E-state index contributed by atoms with van der Waals surface area (Å²) in [6, 6.07) is 0.106. The number of thioether (sulfide) groups is 1. The number of carbonyl (C=O) groups excluding carboxylic acids is 1. The molecule has 0 saturated heterocycles. The fourth-order valence-electron chi connectivity index (χ4n) is 1.73. The van der Waals surface area contributed by atoms with Gasteiger partial charge in [-0.25, -0.2) is 4.98 Å². The molecule has 1 aliphatic rings. The molecule has 1 aliphatic carbocycles. The first kappa shape index (κ1) is 13.4. The van der Waals surface area contributed by atoms with E-state index in [1.165, 1.54) is 18.5 Å². The highest BCUT2D eigenvalue weighted by molar-refractivity contribution is 7.98. The van der Waals surface area contributed by atoms with Gasteiger partial charge in [-0.3, -0.25) is 4.79 Å². The summed E-state index contributed by atoms with van der Waals surface area (Å²) in [6.45, 7) is 2.16. The number of imidazole rings is 1. The van der Waals surface area contributed by atoms with E-state index in [1.54, 1.807) is 18.7 Å². The first-order valence-corrected chi connectivity index (χ1v) is 7.38. The van der Waals surface area contributed by atoms with Crippen molar-refractivity contribution in [1.82, 2.24) is 9.55 Å². The molecule has 0 bridgehead atoms. The molecule has 2 N–H and O–H groups in total. The van der Waals surface area contributed by atoms with Gasteiger partial charge in [-0.05, 0) is 19.8 Å². The molecule has 5 nitrogen and oxygen atoms in total. The largest absolute Gasteiger partial charge is 0.465 e. The number of hydrogen-bond acceptors (Lipinski definition) is 5. The third-order valence-corrected chi connectivity index (χ3v) is 3.92. The number of nitrogens with two attached hydrogens (primary N) is 1. The predicted octanol–water partition coefficient (Wildman–Crippen LogP) is 1.34. The monoisotopic (exact) mass is 269 g/mol. The molecule has 1 unspecified atom stereocenters. The number of nitrogens with zero attached hydrogens (tertiary/aromatic N) is 2. The zero-order valence-electron chi connectivity index (χ0n) is 10.5. The summed E-state index contributed by atoms with van der Waals surface area (Å²) in [7, 11) is 0. The summed E-state index contributed by atoms with van der Waals surface area (Å²) >= 11 is 1.65. The SMILES string of the molecule is CCOC(=O)C(N)CSCc1cncn1C1CC1. The Balaban J connectivity index is 1.74. The molecule has 1 atom stereocenters. The Morgan fingerprint density at radius 2 is 2.50 bits per heavy atom. The maximum atomic E-state index is 11.3. The molecule has 0 radical (unpaired) electrons. The van der Waals surface area contributed by atoms with E-state index in [-0.39, 0.29) is 5.97 Å². The Kier molecular flexibility index (Phi) is 4.66. The highest BCUT2D eigenvalue weighted by Crippen LogP contribution is 2.36. The highest BCUT2D eigenvalue weighted by Gasteiger charge is 2.25. The van der Waals surface area contributed by atoms with Crippen molar-refractivity contribution < 1.29 is 9.53 Å². The third-order valence-electron chi connectivity index (χ3n) is 2.82. The average molecular weight is 269 g/mol. The Morgan fingerprint density at radius 1 is 1.72 bits per heavy atom. The van der Waals surface area contributed by atoms with Gasteiger partial charge in [0, 0.05) is 29.4 Å². The van der Waals surface area contributed by atoms with Crippen LogP contribution >= 0.6 is 11.8 Å². The standard InChI is InChI=1S/C12H19N3O2S/c1-2-17-12(16)11(13)7-18-6-10-5-14-8-15(10)9-3-4-9/h5,8-9,11H,2-4,6-7,13H2,1H3. The summed E-state index contributed by atoms with van der Waals surface area (Å²) in [5.41, 5.74) is 6.94. The van der Waals surface area contributed by atoms with Crippen LogP contribution in [0, 0.1) is 0 Å². The first-order chi connectivity index (χ1) is 8.72. The molecule has 1 saturated carbocycles. The number of rotatable bonds is 7. The number of ether oxygens (including phenoxy) is 1. The van der Waals surface area contributed by atoms with Crippen molar-refractivity contribution in [3.8, 4) is 0 Å². The summed E-state index contributed by atoms with van der Waals surface area (Å²) in [5, 5.41) is 0. The van der Waals surface area contributed by atoms with E-state index in [0.29, 0.717) is 18.4 Å². The number of hydrogen-bond donors (Lipinski definition) is 1. The van der Waals surface area contributed by atoms with Crippen LogP contribution < -0.4 is 5.73 Å². The third kappa shape index (κ3) is 3.49. The van der Waals surface area contributed by atoms with E-state index in [0.717, 1.165) is 5.75 Å². The maximum Gasteiger partial charge on any atom is 0.323 e. The Hall–Kier alpha value is -1.01. The summed E-state index contributed by atoms with van der Waals surface area (Å²) in [4.78, 5) is 15.5. The van der Waals surface area contributed by atoms with Crippen LogP contribution in [0.4, 0.5) is 0 Å². The van der Waals surface area contributed by atoms with E-state index < -0.39 is 6.04 Å². The Morgan fingerprint density at radius 3 is 3.17 bits per heavy atom. The van der Waals surface area contributed by atoms with Crippen LogP contribution in [0.25, 0.3) is 0 Å². The van der Waals surface area contributed by atoms with Gasteiger partial charge in [0.1, 0.15) is 6.04 Å². The number of carbonyl (C=O) groups is 1. The quantitative estimate of drug-likeness (QED) is 0.756. The molecule has 100 valence electrons. The lowest BCUT2D eigenvalue weighted by atomic mass is 10.4. The first-order valence-electron chi connectivity index (χ1n) is 6.23. The molecule has 6 heteroatoms. The number of aromatic nitrogens is 2. The van der Waals surface area contributed by atoms with Gasteiger partial charge in [0.2, 0.25) is 0 Å². The average Bonchev–Trinajstić information content (AvgIpc) is 3.10. The molecule has 1 aromatic rings. The lowest BCUT2D eigenvalue weighted by Crippen LogP contribution is -2.34. The fraction of sp³-hybridized carbons (Fsp3) is 0.667. The predicted molar refractivity (Wildman–Crippen MR) is 71.3 cm³/mol. The van der Waals surface area contributed by atoms with Crippen molar-refractivity contribution in [2.75, 3.05) is 12.4 Å². The lowest BCUT2D eigenvalue weighted by Gasteiger charge is -2.10. The molecule has 1 fully saturated rings. The van der Waals surface area contributed by atoms with Crippen LogP contribution in [0.3, 0.4) is 0 Å². The van der Waals surface area contributed by atoms with Gasteiger partial charge in [0.15, 0.2) is 0 Å². The van der Waals surface area contributed by atoms with Crippen molar-refractivity contribution in [3.05, 3.63) is 18.2 Å². The van der Waals surface area contributed by atoms with Crippen molar-refractivity contribution >= 4 is 17.7 Å². The molecule has 0 aliphatic heterocycles. The van der Waals surface area contributed by atoms with Crippen molar-refractivity contribution in [3.63, 3.8) is 0 Å². The smallest absolute Gasteiger partial charge is 0.323 e. The molecule has 0 spiro atoms. The minimum Gasteiger partial charge on any atom is -0.465 e. The van der Waals surface area contributed by atoms with E-state index in [9.17, 15) is 4.79 Å². The zero-order chi connectivity index (χ0) is 13.0. The van der Waals surface area contributed by atoms with E-state index in [1.807, 2.05) is 12.5 Å². The molecule has 18 heavy (non-hydrogen) atoms. The van der Waals surface area contributed by atoms with Crippen LogP contribution in [-0.2, 0) is 15.3 Å². The molecular formula is C12H19N3O2S. The molecule has 2 rings (SSSR count). The Labute approximate surface area is 111 Å². The van der Waals surface area contributed by atoms with Gasteiger partial charge < -0.3 is 15.0 Å². The van der Waals surface area contributed by atoms with E-state index in [2.05, 4.69) is 9.55 Å². The van der Waals surface area contributed by atoms with Crippen molar-refractivity contribution in [1.29, 1.82) is 0 Å². The second kappa shape index (κ2) is 6.24. The number of esters is 1. The fourth-order valence-corrected chi connectivity index (χ4v) is 2.67. The van der Waals surface area contributed by atoms with Crippen LogP contribution in [0.15, 0.2) is 12.5 Å². The minimum absolute atomic E-state index is 0.319. The van der Waals surface area contributed by atoms with Crippen LogP contribution in [0.5, 0.6) is 0 Å². The summed E-state index contributed by atoms with van der Waals surface area (Å²) < 4.78 is 7.09. The van der Waals surface area contributed by atoms with Crippen LogP contribution in [-0.4, -0.2) is 33.9 Å². The van der Waals surface area contributed by atoms with E-state index in [4.69, 9.17) is 10.5 Å². The molecular weight excluding hydrogens is 250 g/mol. The minimum atomic E-state index is -0.535. The molecule has 1 aromatic heterocycles. The molecule has 0 aromatic carbocycles. The van der Waals surface area contributed by atoms with Crippen LogP contribution in [0.1, 0.15) is 31.5 Å². The summed E-state index contributed by atoms with van der Waals surface area (Å²) in [5.74, 6) is 1.10. The van der Waals surface area contributed by atoms with Gasteiger partial charge in [0.05, 0.1) is 12.9 Å². The van der Waals surface area contributed by atoms with Crippen molar-refractivity contribution in [2.45, 2.75) is 37.6 Å². The topological polar surface area (TPSA) is 70.1 Å². The lowest BCUT2D eigenvalue weighted by molar-refractivity contribution is -0.144. The van der Waals surface area contributed by atoms with Gasteiger partial charge in [-0.15, -0.1) is 0 Å². The second-order valence-corrected chi connectivity index (χ2v) is 5.43. The van der Waals surface area contributed by atoms with Gasteiger partial charge in [-0.2, -0.15) is 11.8 Å². The molecule has 0 amide bonds. The normalized spacial score (nSPS) is 16.6. The van der Waals surface area contributed by atoms with Gasteiger partial charge in [-0.1, -0.05) is 0 Å².